The number of rotatable bonds is 2. The first-order chi connectivity index (χ1) is 8.83. The van der Waals surface area contributed by atoms with Crippen LogP contribution in [0.3, 0.4) is 0 Å². The molecule has 94 valence electrons. The number of ether oxygens (including phenoxy) is 1. The Morgan fingerprint density at radius 3 is 2.94 bits per heavy atom. The molecule has 18 heavy (non-hydrogen) atoms. The van der Waals surface area contributed by atoms with Crippen molar-refractivity contribution in [2.45, 2.75) is 18.9 Å². The van der Waals surface area contributed by atoms with Crippen LogP contribution >= 0.6 is 0 Å². The van der Waals surface area contributed by atoms with Crippen LogP contribution in [-0.4, -0.2) is 30.1 Å². The number of H-pyrrole nitrogens is 1. The summed E-state index contributed by atoms with van der Waals surface area (Å²) in [6, 6.07) is 7.96. The van der Waals surface area contributed by atoms with E-state index in [1.807, 2.05) is 30.5 Å². The fraction of sp³-hybridized carbons (Fsp3) is 0.357. The highest BCUT2D eigenvalue weighted by atomic mass is 16.5. The molecule has 0 saturated carbocycles. The highest BCUT2D eigenvalue weighted by Gasteiger charge is 2.17. The second-order valence-electron chi connectivity index (χ2n) is 4.64. The monoisotopic (exact) mass is 244 g/mol. The van der Waals surface area contributed by atoms with Crippen LogP contribution in [0.2, 0.25) is 0 Å². The first kappa shape index (κ1) is 11.3. The van der Waals surface area contributed by atoms with Crippen molar-refractivity contribution in [3.8, 4) is 0 Å². The molecule has 2 heterocycles. The van der Waals surface area contributed by atoms with Gasteiger partial charge in [-0.15, -0.1) is 0 Å². The fourth-order valence-electron chi connectivity index (χ4n) is 2.30. The van der Waals surface area contributed by atoms with Crippen LogP contribution in [0.25, 0.3) is 10.9 Å². The lowest BCUT2D eigenvalue weighted by atomic mass is 10.1. The molecular formula is C14H16N2O2. The molecule has 2 N–H and O–H groups in total. The minimum Gasteiger partial charge on any atom is -0.381 e. The summed E-state index contributed by atoms with van der Waals surface area (Å²) in [7, 11) is 0. The summed E-state index contributed by atoms with van der Waals surface area (Å²) in [5.41, 5.74) is 1.70. The zero-order chi connectivity index (χ0) is 12.4. The zero-order valence-electron chi connectivity index (χ0n) is 10.1. The van der Waals surface area contributed by atoms with E-state index in [0.717, 1.165) is 37.0 Å². The van der Waals surface area contributed by atoms with Crippen LogP contribution in [0.4, 0.5) is 0 Å². The van der Waals surface area contributed by atoms with Crippen LogP contribution in [0.15, 0.2) is 30.5 Å². The average molecular weight is 244 g/mol. The van der Waals surface area contributed by atoms with Crippen molar-refractivity contribution in [1.82, 2.24) is 10.3 Å². The number of aromatic nitrogens is 1. The summed E-state index contributed by atoms with van der Waals surface area (Å²) in [6.45, 7) is 1.47. The normalized spacial score (nSPS) is 16.9. The van der Waals surface area contributed by atoms with E-state index in [1.54, 1.807) is 0 Å². The largest absolute Gasteiger partial charge is 0.381 e. The maximum atomic E-state index is 12.1. The predicted octanol–water partition coefficient (Wildman–Crippen LogP) is 2.08. The number of amides is 1. The summed E-state index contributed by atoms with van der Waals surface area (Å²) >= 11 is 0. The van der Waals surface area contributed by atoms with Crippen molar-refractivity contribution in [3.05, 3.63) is 36.0 Å². The Balaban J connectivity index is 1.74. The molecular weight excluding hydrogens is 228 g/mol. The van der Waals surface area contributed by atoms with Crippen molar-refractivity contribution >= 4 is 16.8 Å². The highest BCUT2D eigenvalue weighted by Crippen LogP contribution is 2.15. The fourth-order valence-corrected chi connectivity index (χ4v) is 2.30. The second kappa shape index (κ2) is 4.82. The molecule has 3 rings (SSSR count). The van der Waals surface area contributed by atoms with Gasteiger partial charge < -0.3 is 15.0 Å². The van der Waals surface area contributed by atoms with Gasteiger partial charge in [0.25, 0.3) is 5.91 Å². The zero-order valence-corrected chi connectivity index (χ0v) is 10.1. The Labute approximate surface area is 105 Å². The molecule has 1 amide bonds. The molecule has 4 heteroatoms. The molecule has 0 radical (unpaired) electrons. The van der Waals surface area contributed by atoms with Crippen molar-refractivity contribution in [2.24, 2.45) is 0 Å². The quantitative estimate of drug-likeness (QED) is 0.849. The van der Waals surface area contributed by atoms with Gasteiger partial charge in [0.2, 0.25) is 0 Å². The van der Waals surface area contributed by atoms with E-state index in [1.165, 1.54) is 0 Å². The third-order valence-corrected chi connectivity index (χ3v) is 3.37. The molecule has 0 atom stereocenters. The number of hydrogen-bond donors (Lipinski definition) is 2. The molecule has 1 fully saturated rings. The summed E-state index contributed by atoms with van der Waals surface area (Å²) in [5.74, 6) is -0.00148. The van der Waals surface area contributed by atoms with Crippen molar-refractivity contribution < 1.29 is 9.53 Å². The molecule has 1 aromatic heterocycles. The summed E-state index contributed by atoms with van der Waals surface area (Å²) in [6.07, 6.45) is 3.68. The lowest BCUT2D eigenvalue weighted by Crippen LogP contribution is -2.38. The van der Waals surface area contributed by atoms with Crippen molar-refractivity contribution in [2.75, 3.05) is 13.2 Å². The van der Waals surface area contributed by atoms with E-state index in [4.69, 9.17) is 4.74 Å². The maximum absolute atomic E-state index is 12.1. The van der Waals surface area contributed by atoms with E-state index >= 15 is 0 Å². The van der Waals surface area contributed by atoms with E-state index in [9.17, 15) is 4.79 Å². The summed E-state index contributed by atoms with van der Waals surface area (Å²) in [5, 5.41) is 4.18. The summed E-state index contributed by atoms with van der Waals surface area (Å²) in [4.78, 5) is 15.2. The Hall–Kier alpha value is -1.81. The van der Waals surface area contributed by atoms with Gasteiger partial charge in [-0.05, 0) is 36.4 Å². The highest BCUT2D eigenvalue weighted by molar-refractivity contribution is 5.98. The lowest BCUT2D eigenvalue weighted by molar-refractivity contribution is 0.0696. The molecule has 1 aromatic carbocycles. The average Bonchev–Trinajstić information content (AvgIpc) is 2.87. The molecule has 0 aliphatic carbocycles. The minimum absolute atomic E-state index is 0.00148. The first-order valence-corrected chi connectivity index (χ1v) is 6.29. The predicted molar refractivity (Wildman–Crippen MR) is 69.6 cm³/mol. The number of aromatic amines is 1. The third-order valence-electron chi connectivity index (χ3n) is 3.37. The third kappa shape index (κ3) is 2.24. The Morgan fingerprint density at radius 1 is 1.28 bits per heavy atom. The molecule has 4 nitrogen and oxygen atoms in total. The molecule has 1 aliphatic rings. The van der Waals surface area contributed by atoms with Gasteiger partial charge in [0.1, 0.15) is 0 Å². The van der Waals surface area contributed by atoms with Crippen LogP contribution in [0, 0.1) is 0 Å². The number of carbonyl (C=O) groups excluding carboxylic acids is 1. The van der Waals surface area contributed by atoms with Gasteiger partial charge in [0.15, 0.2) is 0 Å². The van der Waals surface area contributed by atoms with E-state index < -0.39 is 0 Å². The Kier molecular flexibility index (Phi) is 3.02. The molecule has 1 aliphatic heterocycles. The molecule has 0 bridgehead atoms. The summed E-state index contributed by atoms with van der Waals surface area (Å²) < 4.78 is 5.28. The van der Waals surface area contributed by atoms with Gasteiger partial charge in [-0.1, -0.05) is 6.07 Å². The number of fused-ring (bicyclic) bond motifs is 1. The van der Waals surface area contributed by atoms with Gasteiger partial charge >= 0.3 is 0 Å². The smallest absolute Gasteiger partial charge is 0.251 e. The molecule has 1 saturated heterocycles. The van der Waals surface area contributed by atoms with E-state index in [-0.39, 0.29) is 11.9 Å². The van der Waals surface area contributed by atoms with Gasteiger partial charge in [-0.25, -0.2) is 0 Å². The lowest BCUT2D eigenvalue weighted by Gasteiger charge is -2.23. The Bertz CT molecular complexity index is 556. The van der Waals surface area contributed by atoms with Crippen molar-refractivity contribution in [1.29, 1.82) is 0 Å². The van der Waals surface area contributed by atoms with Crippen molar-refractivity contribution in [3.63, 3.8) is 0 Å². The van der Waals surface area contributed by atoms with Gasteiger partial charge in [-0.2, -0.15) is 0 Å². The number of carbonyl (C=O) groups is 1. The Morgan fingerprint density at radius 2 is 2.11 bits per heavy atom. The minimum atomic E-state index is -0.00148. The number of hydrogen-bond acceptors (Lipinski definition) is 2. The van der Waals surface area contributed by atoms with Gasteiger partial charge in [0, 0.05) is 36.5 Å². The van der Waals surface area contributed by atoms with Gasteiger partial charge in [0.05, 0.1) is 0 Å². The maximum Gasteiger partial charge on any atom is 0.251 e. The van der Waals surface area contributed by atoms with E-state index in [2.05, 4.69) is 10.3 Å². The van der Waals surface area contributed by atoms with E-state index in [0.29, 0.717) is 5.56 Å². The van der Waals surface area contributed by atoms with Gasteiger partial charge in [-0.3, -0.25) is 4.79 Å². The van der Waals surface area contributed by atoms with Crippen LogP contribution in [-0.2, 0) is 4.74 Å². The van der Waals surface area contributed by atoms with Crippen LogP contribution in [0.5, 0.6) is 0 Å². The number of benzene rings is 1. The topological polar surface area (TPSA) is 54.1 Å². The number of nitrogens with one attached hydrogen (secondary N) is 2. The second-order valence-corrected chi connectivity index (χ2v) is 4.64. The molecule has 2 aromatic rings. The first-order valence-electron chi connectivity index (χ1n) is 6.29. The molecule has 0 spiro atoms. The van der Waals surface area contributed by atoms with Crippen LogP contribution < -0.4 is 5.32 Å². The standard InChI is InChI=1S/C14H16N2O2/c17-14(16-12-4-7-18-8-5-12)11-2-1-10-3-6-15-13(10)9-11/h1-3,6,9,12,15H,4-5,7-8H2,(H,16,17). The van der Waals surface area contributed by atoms with Crippen LogP contribution in [0.1, 0.15) is 23.2 Å². The SMILES string of the molecule is O=C(NC1CCOCC1)c1ccc2cc[nH]c2c1. The molecule has 0 unspecified atom stereocenters.